The number of nitrogens with one attached hydrogen (secondary N) is 1. The quantitative estimate of drug-likeness (QED) is 0.665. The van der Waals surface area contributed by atoms with Gasteiger partial charge in [0.1, 0.15) is 10.7 Å². The molecule has 0 aliphatic carbocycles. The SMILES string of the molecule is O=C(Nc1cccc(C(F)(F)F)c1)c1ccc(F)c(S(=O)(=O)N2CCC3(CC2)OCCO3)c1. The molecule has 2 aliphatic heterocycles. The van der Waals surface area contributed by atoms with E-state index in [-0.39, 0.29) is 37.2 Å². The Bertz CT molecular complexity index is 1150. The minimum atomic E-state index is -4.60. The van der Waals surface area contributed by atoms with Crippen LogP contribution in [-0.4, -0.2) is 50.7 Å². The molecule has 1 amide bonds. The number of amides is 1. The summed E-state index contributed by atoms with van der Waals surface area (Å²) >= 11 is 0. The lowest BCUT2D eigenvalue weighted by molar-refractivity contribution is -0.179. The second-order valence-corrected chi connectivity index (χ2v) is 9.60. The largest absolute Gasteiger partial charge is 0.416 e. The Kier molecular flexibility index (Phi) is 6.20. The van der Waals surface area contributed by atoms with Gasteiger partial charge >= 0.3 is 6.18 Å². The molecule has 2 aromatic carbocycles. The maximum absolute atomic E-state index is 14.5. The molecule has 4 rings (SSSR count). The van der Waals surface area contributed by atoms with Crippen molar-refractivity contribution in [3.8, 4) is 0 Å². The lowest BCUT2D eigenvalue weighted by atomic mass is 10.1. The van der Waals surface area contributed by atoms with Crippen LogP contribution in [0.3, 0.4) is 0 Å². The Hall–Kier alpha value is -2.54. The minimum absolute atomic E-state index is 0.0441. The number of nitrogens with zero attached hydrogens (tertiary/aromatic N) is 1. The van der Waals surface area contributed by atoms with Crippen molar-refractivity contribution in [1.29, 1.82) is 0 Å². The first kappa shape index (κ1) is 23.6. The Morgan fingerprint density at radius 2 is 1.70 bits per heavy atom. The van der Waals surface area contributed by atoms with E-state index in [1.54, 1.807) is 0 Å². The summed E-state index contributed by atoms with van der Waals surface area (Å²) in [6.45, 7) is 0.930. The van der Waals surface area contributed by atoms with Crippen LogP contribution in [0.25, 0.3) is 0 Å². The normalized spacial score (nSPS) is 19.0. The van der Waals surface area contributed by atoms with Gasteiger partial charge in [-0.3, -0.25) is 4.79 Å². The number of benzene rings is 2. The average Bonchev–Trinajstić information content (AvgIpc) is 3.21. The molecule has 7 nitrogen and oxygen atoms in total. The molecule has 178 valence electrons. The molecule has 0 saturated carbocycles. The van der Waals surface area contributed by atoms with E-state index in [0.717, 1.165) is 40.7 Å². The number of piperidine rings is 1. The second kappa shape index (κ2) is 8.67. The summed E-state index contributed by atoms with van der Waals surface area (Å²) in [5.41, 5.74) is -1.31. The molecule has 0 atom stereocenters. The zero-order valence-electron chi connectivity index (χ0n) is 17.2. The van der Waals surface area contributed by atoms with Crippen LogP contribution in [0.2, 0.25) is 0 Å². The van der Waals surface area contributed by atoms with E-state index in [1.807, 2.05) is 0 Å². The number of hydrogen-bond acceptors (Lipinski definition) is 5. The third-order valence-electron chi connectivity index (χ3n) is 5.56. The van der Waals surface area contributed by atoms with Gasteiger partial charge in [0.2, 0.25) is 10.0 Å². The number of rotatable bonds is 4. The van der Waals surface area contributed by atoms with Crippen molar-refractivity contribution in [2.75, 3.05) is 31.6 Å². The fourth-order valence-electron chi connectivity index (χ4n) is 3.81. The van der Waals surface area contributed by atoms with Crippen molar-refractivity contribution < 1.29 is 40.2 Å². The molecule has 12 heteroatoms. The van der Waals surface area contributed by atoms with Gasteiger partial charge in [-0.05, 0) is 36.4 Å². The van der Waals surface area contributed by atoms with Gasteiger partial charge in [0.05, 0.1) is 18.8 Å². The molecular weight excluding hydrogens is 468 g/mol. The van der Waals surface area contributed by atoms with Crippen LogP contribution in [0.1, 0.15) is 28.8 Å². The van der Waals surface area contributed by atoms with E-state index in [4.69, 9.17) is 9.47 Å². The van der Waals surface area contributed by atoms with Crippen molar-refractivity contribution >= 4 is 21.6 Å². The van der Waals surface area contributed by atoms with Crippen LogP contribution >= 0.6 is 0 Å². The standard InChI is InChI=1S/C21H20F4N2O5S/c22-17-5-4-14(19(28)26-16-3-1-2-15(13-16)21(23,24)25)12-18(17)33(29,30)27-8-6-20(7-9-27)31-10-11-32-20/h1-5,12-13H,6-11H2,(H,26,28). The number of carbonyl (C=O) groups is 1. The monoisotopic (exact) mass is 488 g/mol. The lowest BCUT2D eigenvalue weighted by Gasteiger charge is -2.36. The van der Waals surface area contributed by atoms with Crippen molar-refractivity contribution in [2.24, 2.45) is 0 Å². The summed E-state index contributed by atoms with van der Waals surface area (Å²) in [4.78, 5) is 11.9. The maximum Gasteiger partial charge on any atom is 0.416 e. The predicted octanol–water partition coefficient (Wildman–Crippen LogP) is 3.62. The van der Waals surface area contributed by atoms with E-state index in [9.17, 15) is 30.8 Å². The molecule has 0 unspecified atom stereocenters. The van der Waals surface area contributed by atoms with Gasteiger partial charge in [-0.1, -0.05) is 6.07 Å². The van der Waals surface area contributed by atoms with Crippen LogP contribution in [0.4, 0.5) is 23.2 Å². The molecule has 1 N–H and O–H groups in total. The Morgan fingerprint density at radius 3 is 2.33 bits per heavy atom. The smallest absolute Gasteiger partial charge is 0.347 e. The number of anilines is 1. The number of carbonyl (C=O) groups excluding carboxylic acids is 1. The van der Waals surface area contributed by atoms with Gasteiger partial charge in [-0.25, -0.2) is 12.8 Å². The summed E-state index contributed by atoms with van der Waals surface area (Å²) in [7, 11) is -4.28. The van der Waals surface area contributed by atoms with Gasteiger partial charge in [0.25, 0.3) is 5.91 Å². The van der Waals surface area contributed by atoms with E-state index >= 15 is 0 Å². The number of ether oxygens (including phenoxy) is 2. The molecule has 0 radical (unpaired) electrons. The summed E-state index contributed by atoms with van der Waals surface area (Å²) in [5.74, 6) is -2.74. The van der Waals surface area contributed by atoms with Crippen LogP contribution in [-0.2, 0) is 25.7 Å². The van der Waals surface area contributed by atoms with E-state index in [2.05, 4.69) is 5.32 Å². The number of sulfonamides is 1. The van der Waals surface area contributed by atoms with Gasteiger partial charge in [-0.15, -0.1) is 0 Å². The van der Waals surface area contributed by atoms with E-state index in [1.165, 1.54) is 6.07 Å². The Labute approximate surface area is 187 Å². The molecule has 2 fully saturated rings. The van der Waals surface area contributed by atoms with Gasteiger partial charge in [0, 0.05) is 37.2 Å². The molecule has 2 saturated heterocycles. The third kappa shape index (κ3) is 4.88. The average molecular weight is 488 g/mol. The first-order chi connectivity index (χ1) is 15.5. The minimum Gasteiger partial charge on any atom is -0.347 e. The topological polar surface area (TPSA) is 84.9 Å². The second-order valence-electron chi connectivity index (χ2n) is 7.69. The molecular formula is C21H20F4N2O5S. The van der Waals surface area contributed by atoms with Crippen LogP contribution in [0.5, 0.6) is 0 Å². The van der Waals surface area contributed by atoms with Crippen LogP contribution < -0.4 is 5.32 Å². The number of alkyl halides is 3. The molecule has 2 heterocycles. The van der Waals surface area contributed by atoms with Crippen molar-refractivity contribution in [1.82, 2.24) is 4.31 Å². The van der Waals surface area contributed by atoms with Crippen LogP contribution in [0.15, 0.2) is 47.4 Å². The zero-order valence-corrected chi connectivity index (χ0v) is 18.0. The summed E-state index contributed by atoms with van der Waals surface area (Å²) in [6, 6.07) is 6.75. The Balaban J connectivity index is 1.53. The third-order valence-corrected chi connectivity index (χ3v) is 7.47. The zero-order chi connectivity index (χ0) is 23.9. The highest BCUT2D eigenvalue weighted by Crippen LogP contribution is 2.34. The fraction of sp³-hybridized carbons (Fsp3) is 0.381. The fourth-order valence-corrected chi connectivity index (χ4v) is 5.34. The van der Waals surface area contributed by atoms with Crippen molar-refractivity contribution in [3.05, 3.63) is 59.4 Å². The van der Waals surface area contributed by atoms with Crippen molar-refractivity contribution in [2.45, 2.75) is 29.7 Å². The molecule has 33 heavy (non-hydrogen) atoms. The number of halogens is 4. The summed E-state index contributed by atoms with van der Waals surface area (Å²) in [5, 5.41) is 2.28. The summed E-state index contributed by atoms with van der Waals surface area (Å²) in [6.07, 6.45) is -4.04. The molecule has 1 spiro atoms. The van der Waals surface area contributed by atoms with Crippen LogP contribution in [0, 0.1) is 5.82 Å². The van der Waals surface area contributed by atoms with Gasteiger partial charge < -0.3 is 14.8 Å². The highest BCUT2D eigenvalue weighted by molar-refractivity contribution is 7.89. The first-order valence-corrected chi connectivity index (χ1v) is 11.5. The van der Waals surface area contributed by atoms with Gasteiger partial charge in [0.15, 0.2) is 5.79 Å². The van der Waals surface area contributed by atoms with Gasteiger partial charge in [-0.2, -0.15) is 17.5 Å². The first-order valence-electron chi connectivity index (χ1n) is 10.1. The lowest BCUT2D eigenvalue weighted by Crippen LogP contribution is -2.47. The van der Waals surface area contributed by atoms with E-state index < -0.39 is 44.2 Å². The van der Waals surface area contributed by atoms with E-state index in [0.29, 0.717) is 13.2 Å². The molecule has 2 aromatic rings. The number of hydrogen-bond donors (Lipinski definition) is 1. The predicted molar refractivity (Wildman–Crippen MR) is 108 cm³/mol. The Morgan fingerprint density at radius 1 is 1.03 bits per heavy atom. The molecule has 0 aromatic heterocycles. The maximum atomic E-state index is 14.5. The highest BCUT2D eigenvalue weighted by Gasteiger charge is 2.43. The highest BCUT2D eigenvalue weighted by atomic mass is 32.2. The van der Waals surface area contributed by atoms with Crippen molar-refractivity contribution in [3.63, 3.8) is 0 Å². The molecule has 2 aliphatic rings. The summed E-state index contributed by atoms with van der Waals surface area (Å²) < 4.78 is 91.5. The molecule has 0 bridgehead atoms.